The molecule has 5 rings (SSSR count). The molecule has 0 radical (unpaired) electrons. The van der Waals surface area contributed by atoms with Crippen molar-refractivity contribution in [3.05, 3.63) is 82.9 Å². The quantitative estimate of drug-likeness (QED) is 0.122. The summed E-state index contributed by atoms with van der Waals surface area (Å²) in [7, 11) is 8.93. The van der Waals surface area contributed by atoms with Crippen LogP contribution in [0.15, 0.2) is 60.7 Å². The van der Waals surface area contributed by atoms with Gasteiger partial charge in [0.2, 0.25) is 0 Å². The average molecular weight is 787 g/mol. The van der Waals surface area contributed by atoms with E-state index < -0.39 is 0 Å². The van der Waals surface area contributed by atoms with Crippen LogP contribution < -0.4 is 34.0 Å². The molecule has 0 spiro atoms. The van der Waals surface area contributed by atoms with Crippen molar-refractivity contribution < 1.29 is 62.1 Å². The molecule has 4 amide bonds. The number of amides is 4. The fourth-order valence-corrected chi connectivity index (χ4v) is 7.58. The molecule has 8 nitrogen and oxygen atoms in total. The van der Waals surface area contributed by atoms with Crippen LogP contribution in [-0.2, 0) is 0 Å². The molecule has 0 aromatic heterocycles. The second-order valence-electron chi connectivity index (χ2n) is 15.3. The van der Waals surface area contributed by atoms with Gasteiger partial charge in [0, 0.05) is 41.4 Å². The number of carbonyl (C=O) groups is 4. The molecule has 2 heterocycles. The lowest BCUT2D eigenvalue weighted by molar-refractivity contribution is -0.896. The molecule has 0 unspecified atom stereocenters. The standard InChI is InChI=1S/C38H50N4O4.2BrH/c1-38(2,26-40-34(43)29-18-9-10-19-30(29)35(40)44)27-42(5,6)24-12-8-7-11-23-41(3,4)25-15-22-39-36(45)31-20-13-16-28-17-14-21-32(33(28)31)37(39)46;;/h9-10,13-14,16-21H,7-8,11-12,15,22-27H2,1-6H3;2*1H/q+2;;/p-2. The maximum absolute atomic E-state index is 13.2. The lowest BCUT2D eigenvalue weighted by Crippen LogP contribution is -3.00. The van der Waals surface area contributed by atoms with E-state index in [0.29, 0.717) is 35.3 Å². The number of halogens is 2. The van der Waals surface area contributed by atoms with Crippen molar-refractivity contribution in [3.63, 3.8) is 0 Å². The number of unbranched alkanes of at least 4 members (excludes halogenated alkanes) is 3. The third-order valence-corrected chi connectivity index (χ3v) is 9.60. The molecule has 48 heavy (non-hydrogen) atoms. The molecular weight excluding hydrogens is 736 g/mol. The zero-order valence-electron chi connectivity index (χ0n) is 29.2. The van der Waals surface area contributed by atoms with Crippen LogP contribution in [0.4, 0.5) is 0 Å². The first-order valence-electron chi connectivity index (χ1n) is 16.7. The van der Waals surface area contributed by atoms with Gasteiger partial charge in [-0.15, -0.1) is 0 Å². The lowest BCUT2D eigenvalue weighted by atomic mass is 9.91. The Hall–Kier alpha value is -2.92. The van der Waals surface area contributed by atoms with Gasteiger partial charge in [-0.25, -0.2) is 0 Å². The van der Waals surface area contributed by atoms with Crippen LogP contribution in [0.3, 0.4) is 0 Å². The molecule has 3 aromatic carbocycles. The molecule has 0 aliphatic carbocycles. The van der Waals surface area contributed by atoms with Crippen LogP contribution in [0.5, 0.6) is 0 Å². The summed E-state index contributed by atoms with van der Waals surface area (Å²) in [4.78, 5) is 55.0. The topological polar surface area (TPSA) is 74.8 Å². The highest BCUT2D eigenvalue weighted by Crippen LogP contribution is 2.31. The van der Waals surface area contributed by atoms with Gasteiger partial charge in [-0.3, -0.25) is 29.0 Å². The minimum absolute atomic E-state index is 0. The van der Waals surface area contributed by atoms with Crippen molar-refractivity contribution in [1.29, 1.82) is 0 Å². The van der Waals surface area contributed by atoms with E-state index in [9.17, 15) is 19.2 Å². The van der Waals surface area contributed by atoms with E-state index >= 15 is 0 Å². The summed E-state index contributed by atoms with van der Waals surface area (Å²) in [5.74, 6) is -0.740. The Labute approximate surface area is 306 Å². The van der Waals surface area contributed by atoms with E-state index in [4.69, 9.17) is 0 Å². The van der Waals surface area contributed by atoms with Crippen LogP contribution in [0, 0.1) is 5.41 Å². The van der Waals surface area contributed by atoms with E-state index in [2.05, 4.69) is 42.0 Å². The highest BCUT2D eigenvalue weighted by molar-refractivity contribution is 6.25. The van der Waals surface area contributed by atoms with Crippen LogP contribution in [0.2, 0.25) is 0 Å². The molecule has 2 aliphatic heterocycles. The summed E-state index contributed by atoms with van der Waals surface area (Å²) in [5.41, 5.74) is 2.05. The van der Waals surface area contributed by atoms with E-state index in [-0.39, 0.29) is 63.0 Å². The molecule has 0 fully saturated rings. The molecule has 0 atom stereocenters. The molecule has 0 saturated carbocycles. The van der Waals surface area contributed by atoms with Crippen LogP contribution >= 0.6 is 0 Å². The van der Waals surface area contributed by atoms with Gasteiger partial charge in [0.15, 0.2) is 0 Å². The molecule has 0 bridgehead atoms. The highest BCUT2D eigenvalue weighted by atomic mass is 79.9. The summed E-state index contributed by atoms with van der Waals surface area (Å²) < 4.78 is 1.70. The first kappa shape index (κ1) is 39.5. The smallest absolute Gasteiger partial charge is 0.261 e. The minimum atomic E-state index is -0.210. The van der Waals surface area contributed by atoms with Crippen molar-refractivity contribution in [2.75, 3.05) is 67.5 Å². The molecule has 0 N–H and O–H groups in total. The van der Waals surface area contributed by atoms with E-state index in [1.165, 1.54) is 9.80 Å². The van der Waals surface area contributed by atoms with Gasteiger partial charge in [-0.2, -0.15) is 0 Å². The number of rotatable bonds is 15. The number of imide groups is 2. The molecule has 0 saturated heterocycles. The lowest BCUT2D eigenvalue weighted by Gasteiger charge is -2.39. The van der Waals surface area contributed by atoms with E-state index in [1.54, 1.807) is 24.3 Å². The van der Waals surface area contributed by atoms with Crippen molar-refractivity contribution in [2.45, 2.75) is 46.0 Å². The van der Waals surface area contributed by atoms with Gasteiger partial charge in [-0.1, -0.05) is 50.2 Å². The fraction of sp³-hybridized carbons (Fsp3) is 0.474. The predicted octanol–water partition coefficient (Wildman–Crippen LogP) is -0.130. The second kappa shape index (κ2) is 15.7. The first-order chi connectivity index (χ1) is 21.7. The van der Waals surface area contributed by atoms with E-state index in [0.717, 1.165) is 78.0 Å². The van der Waals surface area contributed by atoms with Crippen molar-refractivity contribution in [2.24, 2.45) is 5.41 Å². The SMILES string of the molecule is CC(C)(CN1C(=O)c2ccccc2C1=O)C[N+](C)(C)CCCCCC[N+](C)(C)CCCN1C(=O)c2cccc3cccc(c23)C1=O.[Br-].[Br-]. The number of fused-ring (bicyclic) bond motifs is 1. The van der Waals surface area contributed by atoms with Crippen LogP contribution in [-0.4, -0.2) is 110 Å². The number of nitrogens with zero attached hydrogens (tertiary/aromatic N) is 4. The van der Waals surface area contributed by atoms with Gasteiger partial charge in [0.05, 0.1) is 65.5 Å². The largest absolute Gasteiger partial charge is 1.00 e. The first-order valence-corrected chi connectivity index (χ1v) is 16.7. The normalized spacial score (nSPS) is 14.7. The Kier molecular flexibility index (Phi) is 13.0. The summed E-state index contributed by atoms with van der Waals surface area (Å²) in [6.45, 7) is 8.99. The average Bonchev–Trinajstić information content (AvgIpc) is 3.23. The highest BCUT2D eigenvalue weighted by Gasteiger charge is 2.40. The monoisotopic (exact) mass is 784 g/mol. The Morgan fingerprint density at radius 1 is 0.542 bits per heavy atom. The van der Waals surface area contributed by atoms with Crippen LogP contribution in [0.1, 0.15) is 87.4 Å². The minimum Gasteiger partial charge on any atom is -1.00 e. The molecule has 260 valence electrons. The van der Waals surface area contributed by atoms with Gasteiger partial charge in [0.25, 0.3) is 23.6 Å². The van der Waals surface area contributed by atoms with Gasteiger partial charge >= 0.3 is 0 Å². The van der Waals surface area contributed by atoms with Crippen molar-refractivity contribution in [3.8, 4) is 0 Å². The molecule has 3 aromatic rings. The fourth-order valence-electron chi connectivity index (χ4n) is 7.58. The van der Waals surface area contributed by atoms with Crippen LogP contribution in [0.25, 0.3) is 10.8 Å². The van der Waals surface area contributed by atoms with Gasteiger partial charge in [-0.05, 0) is 55.3 Å². The van der Waals surface area contributed by atoms with E-state index in [1.807, 2.05) is 36.4 Å². The predicted molar refractivity (Wildman–Crippen MR) is 182 cm³/mol. The summed E-state index contributed by atoms with van der Waals surface area (Å²) in [5, 5.41) is 1.71. The number of carbonyl (C=O) groups excluding carboxylic acids is 4. The molecule has 10 heteroatoms. The zero-order chi connectivity index (χ0) is 33.3. The number of benzene rings is 3. The molecule has 2 aliphatic rings. The third kappa shape index (κ3) is 8.80. The Morgan fingerprint density at radius 3 is 1.50 bits per heavy atom. The zero-order valence-corrected chi connectivity index (χ0v) is 32.4. The second-order valence-corrected chi connectivity index (χ2v) is 15.3. The number of hydrogen-bond donors (Lipinski definition) is 0. The third-order valence-electron chi connectivity index (χ3n) is 9.60. The number of hydrogen-bond acceptors (Lipinski definition) is 4. The Morgan fingerprint density at radius 2 is 0.979 bits per heavy atom. The van der Waals surface area contributed by atoms with Gasteiger partial charge in [0.1, 0.15) is 0 Å². The summed E-state index contributed by atoms with van der Waals surface area (Å²) >= 11 is 0. The summed E-state index contributed by atoms with van der Waals surface area (Å²) in [6.07, 6.45) is 5.33. The number of quaternary nitrogens is 2. The van der Waals surface area contributed by atoms with Gasteiger partial charge < -0.3 is 42.9 Å². The van der Waals surface area contributed by atoms with Crippen molar-refractivity contribution in [1.82, 2.24) is 9.80 Å². The maximum Gasteiger partial charge on any atom is 0.261 e. The summed E-state index contributed by atoms with van der Waals surface area (Å²) in [6, 6.07) is 18.4. The van der Waals surface area contributed by atoms with Crippen molar-refractivity contribution >= 4 is 34.4 Å². The molecular formula is C38H50Br2N4O4. The maximum atomic E-state index is 13.2. The Balaban J connectivity index is 0.00000312. The Bertz CT molecular complexity index is 1580.